The Balaban J connectivity index is 2.14. The molecule has 0 aliphatic rings. The van der Waals surface area contributed by atoms with Gasteiger partial charge in [-0.1, -0.05) is 35.3 Å². The lowest BCUT2D eigenvalue weighted by molar-refractivity contribution is 0.485. The van der Waals surface area contributed by atoms with Gasteiger partial charge in [-0.3, -0.25) is 0 Å². The van der Waals surface area contributed by atoms with Gasteiger partial charge >= 0.3 is 10.1 Å². The minimum Gasteiger partial charge on any atom is -0.382 e. The van der Waals surface area contributed by atoms with E-state index in [0.29, 0.717) is 10.6 Å². The fraction of sp³-hybridized carbons (Fsp3) is 0.0769. The highest BCUT2D eigenvalue weighted by Crippen LogP contribution is 2.27. The molecule has 0 heterocycles. The average Bonchev–Trinajstić information content (AvgIpc) is 2.36. The van der Waals surface area contributed by atoms with Gasteiger partial charge in [-0.25, -0.2) is 4.39 Å². The molecular formula is C13H9Cl2FO3S. The predicted octanol–water partition coefficient (Wildman–Crippen LogP) is 4.04. The molecule has 0 spiro atoms. The van der Waals surface area contributed by atoms with E-state index in [4.69, 9.17) is 27.4 Å². The topological polar surface area (TPSA) is 43.4 Å². The number of benzene rings is 2. The average molecular weight is 335 g/mol. The van der Waals surface area contributed by atoms with Crippen LogP contribution in [0.4, 0.5) is 4.39 Å². The molecule has 0 bridgehead atoms. The van der Waals surface area contributed by atoms with Crippen LogP contribution in [-0.2, 0) is 15.9 Å². The molecule has 0 atom stereocenters. The second-order valence-electron chi connectivity index (χ2n) is 3.99. The molecule has 0 aromatic heterocycles. The Hall–Kier alpha value is -1.30. The first-order valence-electron chi connectivity index (χ1n) is 5.47. The molecule has 3 nitrogen and oxygen atoms in total. The van der Waals surface area contributed by atoms with Crippen LogP contribution < -0.4 is 4.18 Å². The van der Waals surface area contributed by atoms with Crippen molar-refractivity contribution in [2.75, 3.05) is 0 Å². The van der Waals surface area contributed by atoms with Crippen LogP contribution >= 0.6 is 23.2 Å². The summed E-state index contributed by atoms with van der Waals surface area (Å²) in [5, 5.41) is 0.496. The van der Waals surface area contributed by atoms with Crippen molar-refractivity contribution in [3.63, 3.8) is 0 Å². The fourth-order valence-electron chi connectivity index (χ4n) is 1.49. The van der Waals surface area contributed by atoms with E-state index in [1.165, 1.54) is 42.5 Å². The van der Waals surface area contributed by atoms with E-state index in [9.17, 15) is 12.8 Å². The summed E-state index contributed by atoms with van der Waals surface area (Å²) in [7, 11) is -3.85. The molecule has 2 aromatic carbocycles. The van der Waals surface area contributed by atoms with Crippen LogP contribution in [0.2, 0.25) is 10.0 Å². The van der Waals surface area contributed by atoms with Crippen molar-refractivity contribution in [2.24, 2.45) is 0 Å². The van der Waals surface area contributed by atoms with E-state index < -0.39 is 15.9 Å². The molecule has 0 radical (unpaired) electrons. The lowest BCUT2D eigenvalue weighted by atomic mass is 10.2. The monoisotopic (exact) mass is 334 g/mol. The fourth-order valence-corrected chi connectivity index (χ4v) is 2.83. The third-order valence-electron chi connectivity index (χ3n) is 2.37. The molecule has 2 rings (SSSR count). The second-order valence-corrected chi connectivity index (χ2v) is 6.37. The van der Waals surface area contributed by atoms with Crippen LogP contribution in [0.15, 0.2) is 42.5 Å². The molecule has 0 saturated carbocycles. The standard InChI is InChI=1S/C13H9Cl2FO3S/c14-12-6-5-11(7-13(12)15)19-20(17,18)8-9-1-3-10(16)4-2-9/h1-7H,8H2. The van der Waals surface area contributed by atoms with Crippen molar-refractivity contribution in [1.82, 2.24) is 0 Å². The van der Waals surface area contributed by atoms with E-state index in [1.54, 1.807) is 0 Å². The van der Waals surface area contributed by atoms with Crippen molar-refractivity contribution in [1.29, 1.82) is 0 Å². The third-order valence-corrected chi connectivity index (χ3v) is 4.24. The summed E-state index contributed by atoms with van der Waals surface area (Å²) in [4.78, 5) is 0. The van der Waals surface area contributed by atoms with Crippen LogP contribution in [0.5, 0.6) is 5.75 Å². The van der Waals surface area contributed by atoms with Gasteiger partial charge < -0.3 is 4.18 Å². The van der Waals surface area contributed by atoms with Gasteiger partial charge in [-0.2, -0.15) is 8.42 Å². The Kier molecular flexibility index (Phi) is 4.52. The summed E-state index contributed by atoms with van der Waals surface area (Å²) < 4.78 is 41.4. The molecule has 7 heteroatoms. The molecule has 0 aliphatic heterocycles. The normalized spacial score (nSPS) is 11.3. The number of rotatable bonds is 4. The van der Waals surface area contributed by atoms with Crippen LogP contribution in [0.3, 0.4) is 0 Å². The second kappa shape index (κ2) is 5.99. The Morgan fingerprint density at radius 1 is 1.00 bits per heavy atom. The predicted molar refractivity (Wildman–Crippen MR) is 76.1 cm³/mol. The van der Waals surface area contributed by atoms with Gasteiger partial charge in [0.1, 0.15) is 17.3 Å². The zero-order valence-electron chi connectivity index (χ0n) is 10.0. The first-order valence-corrected chi connectivity index (χ1v) is 7.81. The molecule has 0 amide bonds. The molecule has 0 fully saturated rings. The Labute approximate surface area is 126 Å². The lowest BCUT2D eigenvalue weighted by Gasteiger charge is -2.08. The third kappa shape index (κ3) is 4.10. The lowest BCUT2D eigenvalue weighted by Crippen LogP contribution is -2.12. The first-order chi connectivity index (χ1) is 9.35. The summed E-state index contributed by atoms with van der Waals surface area (Å²) in [5.41, 5.74) is 0.423. The van der Waals surface area contributed by atoms with Crippen LogP contribution in [0.1, 0.15) is 5.56 Å². The summed E-state index contributed by atoms with van der Waals surface area (Å²) in [6.07, 6.45) is 0. The molecule has 0 aliphatic carbocycles. The largest absolute Gasteiger partial charge is 0.382 e. The summed E-state index contributed by atoms with van der Waals surface area (Å²) >= 11 is 11.5. The van der Waals surface area contributed by atoms with Gasteiger partial charge in [0.05, 0.1) is 10.0 Å². The molecular weight excluding hydrogens is 326 g/mol. The van der Waals surface area contributed by atoms with E-state index in [2.05, 4.69) is 0 Å². The summed E-state index contributed by atoms with van der Waals surface area (Å²) in [6.45, 7) is 0. The van der Waals surface area contributed by atoms with Crippen molar-refractivity contribution >= 4 is 33.3 Å². The number of hydrogen-bond acceptors (Lipinski definition) is 3. The van der Waals surface area contributed by atoms with E-state index in [-0.39, 0.29) is 16.5 Å². The molecule has 0 unspecified atom stereocenters. The SMILES string of the molecule is O=S(=O)(Cc1ccc(F)cc1)Oc1ccc(Cl)c(Cl)c1. The maximum atomic E-state index is 12.7. The van der Waals surface area contributed by atoms with E-state index in [0.717, 1.165) is 0 Å². The van der Waals surface area contributed by atoms with Crippen LogP contribution in [-0.4, -0.2) is 8.42 Å². The smallest absolute Gasteiger partial charge is 0.313 e. The van der Waals surface area contributed by atoms with Crippen molar-refractivity contribution in [3.05, 3.63) is 63.9 Å². The number of hydrogen-bond donors (Lipinski definition) is 0. The molecule has 106 valence electrons. The van der Waals surface area contributed by atoms with Crippen LogP contribution in [0.25, 0.3) is 0 Å². The zero-order chi connectivity index (χ0) is 14.8. The quantitative estimate of drug-likeness (QED) is 0.792. The Morgan fingerprint density at radius 3 is 2.25 bits per heavy atom. The van der Waals surface area contributed by atoms with E-state index >= 15 is 0 Å². The van der Waals surface area contributed by atoms with Gasteiger partial charge in [0.25, 0.3) is 0 Å². The van der Waals surface area contributed by atoms with Crippen LogP contribution in [0, 0.1) is 5.82 Å². The minimum absolute atomic E-state index is 0.0708. The van der Waals surface area contributed by atoms with Crippen molar-refractivity contribution in [2.45, 2.75) is 5.75 Å². The zero-order valence-corrected chi connectivity index (χ0v) is 12.3. The maximum absolute atomic E-state index is 12.7. The Morgan fingerprint density at radius 2 is 1.65 bits per heavy atom. The van der Waals surface area contributed by atoms with Crippen molar-refractivity contribution < 1.29 is 17.0 Å². The van der Waals surface area contributed by atoms with Gasteiger partial charge in [-0.15, -0.1) is 0 Å². The van der Waals surface area contributed by atoms with Gasteiger partial charge in [0.15, 0.2) is 0 Å². The van der Waals surface area contributed by atoms with E-state index in [1.807, 2.05) is 0 Å². The highest BCUT2D eigenvalue weighted by molar-refractivity contribution is 7.86. The molecule has 0 N–H and O–H groups in total. The molecule has 20 heavy (non-hydrogen) atoms. The van der Waals surface area contributed by atoms with Gasteiger partial charge in [-0.05, 0) is 29.8 Å². The summed E-state index contributed by atoms with van der Waals surface area (Å²) in [6, 6.07) is 9.28. The minimum atomic E-state index is -3.85. The summed E-state index contributed by atoms with van der Waals surface area (Å²) in [5.74, 6) is -0.730. The highest BCUT2D eigenvalue weighted by atomic mass is 35.5. The number of halogens is 3. The molecule has 0 saturated heterocycles. The van der Waals surface area contributed by atoms with Crippen molar-refractivity contribution in [3.8, 4) is 5.75 Å². The highest BCUT2D eigenvalue weighted by Gasteiger charge is 2.15. The molecule has 2 aromatic rings. The first kappa shape index (κ1) is 15.1. The maximum Gasteiger partial charge on any atom is 0.313 e. The van der Waals surface area contributed by atoms with Gasteiger partial charge in [0, 0.05) is 6.07 Å². The van der Waals surface area contributed by atoms with Gasteiger partial charge in [0.2, 0.25) is 0 Å². The Bertz CT molecular complexity index is 715.